The average Bonchev–Trinajstić information content (AvgIpc) is 2.91. The third-order valence-corrected chi connectivity index (χ3v) is 3.83. The van der Waals surface area contributed by atoms with Crippen molar-refractivity contribution in [2.24, 2.45) is 0 Å². The molecular weight excluding hydrogens is 274 g/mol. The number of hydrogen-bond acceptors (Lipinski definition) is 4. The fourth-order valence-corrected chi connectivity index (χ4v) is 2.49. The van der Waals surface area contributed by atoms with Crippen LogP contribution in [0.15, 0.2) is 41.4 Å². The smallest absolute Gasteiger partial charge is 0.274 e. The van der Waals surface area contributed by atoms with Gasteiger partial charge in [-0.05, 0) is 42.8 Å². The number of nitrogens with one attached hydrogen (secondary N) is 2. The van der Waals surface area contributed by atoms with E-state index in [1.54, 1.807) is 24.4 Å². The van der Waals surface area contributed by atoms with Crippen LogP contribution in [-0.2, 0) is 4.79 Å². The Hall–Kier alpha value is -2.21. The van der Waals surface area contributed by atoms with E-state index in [0.29, 0.717) is 11.4 Å². The number of amides is 2. The van der Waals surface area contributed by atoms with Gasteiger partial charge in [0.15, 0.2) is 0 Å². The highest BCUT2D eigenvalue weighted by molar-refractivity contribution is 8.00. The summed E-state index contributed by atoms with van der Waals surface area (Å²) in [5.41, 5.74) is 7.74. The Morgan fingerprint density at radius 2 is 2.15 bits per heavy atom. The van der Waals surface area contributed by atoms with E-state index in [0.717, 1.165) is 10.5 Å². The van der Waals surface area contributed by atoms with Crippen LogP contribution in [0.25, 0.3) is 0 Å². The number of aryl methyl sites for hydroxylation is 1. The summed E-state index contributed by atoms with van der Waals surface area (Å²) >= 11 is 1.37. The molecule has 0 unspecified atom stereocenters. The summed E-state index contributed by atoms with van der Waals surface area (Å²) < 4.78 is 0. The molecule has 0 atom stereocenters. The van der Waals surface area contributed by atoms with Crippen LogP contribution in [0, 0.1) is 6.92 Å². The lowest BCUT2D eigenvalue weighted by atomic mass is 10.2. The maximum absolute atomic E-state index is 11.7. The lowest BCUT2D eigenvalue weighted by Gasteiger charge is -2.06. The summed E-state index contributed by atoms with van der Waals surface area (Å²) in [6, 6.07) is 8.82. The van der Waals surface area contributed by atoms with Gasteiger partial charge < -0.3 is 10.7 Å². The van der Waals surface area contributed by atoms with Crippen LogP contribution in [0.5, 0.6) is 0 Å². The van der Waals surface area contributed by atoms with Crippen molar-refractivity contribution in [3.05, 3.63) is 47.8 Å². The Balaban J connectivity index is 1.88. The Labute approximate surface area is 120 Å². The number of carbonyl (C=O) groups excluding carboxylic acids is 2. The molecule has 0 fully saturated rings. The number of anilines is 1. The molecule has 2 aromatic rings. The zero-order chi connectivity index (χ0) is 14.5. The third-order valence-electron chi connectivity index (χ3n) is 2.65. The van der Waals surface area contributed by atoms with E-state index in [2.05, 4.69) is 10.3 Å². The molecule has 0 aliphatic rings. The van der Waals surface area contributed by atoms with Crippen molar-refractivity contribution < 1.29 is 9.59 Å². The number of hydrogen-bond donors (Lipinski definition) is 3. The second-order valence-corrected chi connectivity index (χ2v) is 5.29. The molecule has 4 N–H and O–H groups in total. The van der Waals surface area contributed by atoms with Crippen LogP contribution in [0.4, 0.5) is 5.69 Å². The van der Waals surface area contributed by atoms with Gasteiger partial charge in [-0.15, -0.1) is 11.8 Å². The van der Waals surface area contributed by atoms with Crippen LogP contribution in [0.1, 0.15) is 16.1 Å². The van der Waals surface area contributed by atoms with Crippen molar-refractivity contribution >= 4 is 29.3 Å². The summed E-state index contributed by atoms with van der Waals surface area (Å²) in [4.78, 5) is 27.1. The Kier molecular flexibility index (Phi) is 4.47. The van der Waals surface area contributed by atoms with Crippen molar-refractivity contribution in [1.29, 1.82) is 0 Å². The van der Waals surface area contributed by atoms with Crippen LogP contribution < -0.4 is 11.1 Å². The number of rotatable bonds is 4. The van der Waals surface area contributed by atoms with Gasteiger partial charge in [0.25, 0.3) is 5.91 Å². The number of aromatic amines is 1. The van der Waals surface area contributed by atoms with Gasteiger partial charge in [0.1, 0.15) is 5.69 Å². The van der Waals surface area contributed by atoms with E-state index < -0.39 is 5.91 Å². The number of carbonyl (C=O) groups is 2. The summed E-state index contributed by atoms with van der Waals surface area (Å²) in [5.74, 6) is -0.572. The Morgan fingerprint density at radius 1 is 1.35 bits per heavy atom. The highest BCUT2D eigenvalue weighted by atomic mass is 32.2. The van der Waals surface area contributed by atoms with Crippen LogP contribution in [-0.4, -0.2) is 22.6 Å². The minimum atomic E-state index is -0.422. The van der Waals surface area contributed by atoms with Crippen molar-refractivity contribution in [3.63, 3.8) is 0 Å². The Bertz CT molecular complexity index is 623. The monoisotopic (exact) mass is 289 g/mol. The van der Waals surface area contributed by atoms with Crippen LogP contribution >= 0.6 is 11.8 Å². The second kappa shape index (κ2) is 6.29. The van der Waals surface area contributed by atoms with Gasteiger partial charge in [-0.2, -0.15) is 0 Å². The summed E-state index contributed by atoms with van der Waals surface area (Å²) in [5, 5.41) is 2.33. The third kappa shape index (κ3) is 3.64. The highest BCUT2D eigenvalue weighted by Crippen LogP contribution is 2.23. The average molecular weight is 289 g/mol. The lowest BCUT2D eigenvalue weighted by Crippen LogP contribution is -2.32. The molecule has 0 saturated carbocycles. The molecule has 0 bridgehead atoms. The molecule has 1 aromatic carbocycles. The fraction of sp³-hybridized carbons (Fsp3) is 0.143. The molecule has 0 saturated heterocycles. The summed E-state index contributed by atoms with van der Waals surface area (Å²) in [7, 11) is 0. The topological polar surface area (TPSA) is 88.0 Å². The summed E-state index contributed by atoms with van der Waals surface area (Å²) in [6.45, 7) is 1.93. The largest absolute Gasteiger partial charge is 0.399 e. The van der Waals surface area contributed by atoms with Crippen molar-refractivity contribution in [1.82, 2.24) is 10.3 Å². The standard InChI is InChI=1S/C14H15N3O2S/c1-9-7-10(15)4-5-12(9)20-8-13(18)17-14(19)11-3-2-6-16-11/h2-7,16H,8,15H2,1H3,(H,17,18,19). The van der Waals surface area contributed by atoms with Crippen LogP contribution in [0.3, 0.4) is 0 Å². The van der Waals surface area contributed by atoms with Gasteiger partial charge in [0, 0.05) is 16.8 Å². The van der Waals surface area contributed by atoms with Crippen molar-refractivity contribution in [2.75, 3.05) is 11.5 Å². The highest BCUT2D eigenvalue weighted by Gasteiger charge is 2.11. The van der Waals surface area contributed by atoms with E-state index in [-0.39, 0.29) is 11.7 Å². The number of nitrogens with two attached hydrogens (primary N) is 1. The predicted octanol–water partition coefficient (Wildman–Crippen LogP) is 1.95. The SMILES string of the molecule is Cc1cc(N)ccc1SCC(=O)NC(=O)c1ccc[nH]1. The van der Waals surface area contributed by atoms with E-state index in [1.807, 2.05) is 19.1 Å². The first-order valence-corrected chi connectivity index (χ1v) is 7.01. The fourth-order valence-electron chi connectivity index (χ4n) is 1.68. The van der Waals surface area contributed by atoms with E-state index in [4.69, 9.17) is 5.73 Å². The number of thioether (sulfide) groups is 1. The maximum Gasteiger partial charge on any atom is 0.274 e. The number of aromatic nitrogens is 1. The molecule has 104 valence electrons. The van der Waals surface area contributed by atoms with E-state index >= 15 is 0 Å². The molecule has 20 heavy (non-hydrogen) atoms. The maximum atomic E-state index is 11.7. The van der Waals surface area contributed by atoms with Gasteiger partial charge in [0.05, 0.1) is 5.75 Å². The molecule has 0 aliphatic carbocycles. The van der Waals surface area contributed by atoms with E-state index in [1.165, 1.54) is 11.8 Å². The first kappa shape index (κ1) is 14.2. The zero-order valence-electron chi connectivity index (χ0n) is 11.0. The van der Waals surface area contributed by atoms with Crippen molar-refractivity contribution in [2.45, 2.75) is 11.8 Å². The van der Waals surface area contributed by atoms with Gasteiger partial charge in [-0.25, -0.2) is 0 Å². The molecule has 0 aliphatic heterocycles. The molecule has 0 radical (unpaired) electrons. The summed E-state index contributed by atoms with van der Waals surface area (Å²) in [6.07, 6.45) is 1.63. The molecule has 5 nitrogen and oxygen atoms in total. The van der Waals surface area contributed by atoms with Gasteiger partial charge in [-0.3, -0.25) is 14.9 Å². The molecular formula is C14H15N3O2S. The van der Waals surface area contributed by atoms with Gasteiger partial charge in [0.2, 0.25) is 5.91 Å². The lowest BCUT2D eigenvalue weighted by molar-refractivity contribution is -0.117. The first-order valence-electron chi connectivity index (χ1n) is 6.03. The predicted molar refractivity (Wildman–Crippen MR) is 79.6 cm³/mol. The number of imide groups is 1. The zero-order valence-corrected chi connectivity index (χ0v) is 11.8. The molecule has 0 spiro atoms. The van der Waals surface area contributed by atoms with Gasteiger partial charge >= 0.3 is 0 Å². The molecule has 6 heteroatoms. The quantitative estimate of drug-likeness (QED) is 0.593. The number of H-pyrrole nitrogens is 1. The van der Waals surface area contributed by atoms with E-state index in [9.17, 15) is 9.59 Å². The molecule has 1 heterocycles. The first-order chi connectivity index (χ1) is 9.56. The molecule has 2 rings (SSSR count). The number of benzene rings is 1. The minimum Gasteiger partial charge on any atom is -0.399 e. The molecule has 2 amide bonds. The van der Waals surface area contributed by atoms with Crippen molar-refractivity contribution in [3.8, 4) is 0 Å². The normalized spacial score (nSPS) is 10.2. The molecule has 1 aromatic heterocycles. The van der Waals surface area contributed by atoms with Gasteiger partial charge in [-0.1, -0.05) is 0 Å². The second-order valence-electron chi connectivity index (χ2n) is 4.27. The number of nitrogen functional groups attached to an aromatic ring is 1. The van der Waals surface area contributed by atoms with Crippen LogP contribution in [0.2, 0.25) is 0 Å². The minimum absolute atomic E-state index is 0.178. The Morgan fingerprint density at radius 3 is 2.80 bits per heavy atom.